The van der Waals surface area contributed by atoms with Gasteiger partial charge >= 0.3 is 11.9 Å². The molecule has 0 spiro atoms. The number of hydrogen-bond donors (Lipinski definition) is 0. The Morgan fingerprint density at radius 1 is 1.37 bits per heavy atom. The first-order valence-electron chi connectivity index (χ1n) is 11.6. The monoisotopic (exact) mass is 416 g/mol. The highest BCUT2D eigenvalue weighted by atomic mass is 16.5. The van der Waals surface area contributed by atoms with Crippen molar-refractivity contribution in [2.45, 2.75) is 92.3 Å². The molecule has 1 aliphatic carbocycles. The lowest BCUT2D eigenvalue weighted by Gasteiger charge is -2.34. The van der Waals surface area contributed by atoms with Gasteiger partial charge in [-0.05, 0) is 63.4 Å². The normalized spacial score (nSPS) is 28.2. The van der Waals surface area contributed by atoms with E-state index in [0.29, 0.717) is 11.8 Å². The lowest BCUT2D eigenvalue weighted by atomic mass is 9.80. The Morgan fingerprint density at radius 2 is 2.10 bits per heavy atom. The fraction of sp³-hybridized carbons (Fsp3) is 0.692. The summed E-state index contributed by atoms with van der Waals surface area (Å²) in [5, 5.41) is 0. The van der Waals surface area contributed by atoms with Gasteiger partial charge in [-0.25, -0.2) is 4.79 Å². The number of cyclic esters (lactones) is 1. The standard InChI is InChI=1S/C26H40O4/c1-7-26(5,6)25(28)30-23-17-19(3)16-21(20(23)4)15-14-18(2)10-8-11-22-12-9-13-24(27)29-22/h9,13-16,18-20,22-23H,7-8,10-12,17H2,1-6H3/b15-14-/t18-,19+,20-,22-,23+/m1/s1. The molecule has 0 aromatic carbocycles. The van der Waals surface area contributed by atoms with E-state index < -0.39 is 5.41 Å². The van der Waals surface area contributed by atoms with Gasteiger partial charge in [-0.1, -0.05) is 52.0 Å². The smallest absolute Gasteiger partial charge is 0.330 e. The lowest BCUT2D eigenvalue weighted by Crippen LogP contribution is -2.36. The fourth-order valence-electron chi connectivity index (χ4n) is 3.92. The Balaban J connectivity index is 1.86. The van der Waals surface area contributed by atoms with Crippen molar-refractivity contribution in [2.24, 2.45) is 23.2 Å². The molecule has 0 fully saturated rings. The average molecular weight is 417 g/mol. The van der Waals surface area contributed by atoms with Crippen LogP contribution in [0.15, 0.2) is 36.0 Å². The molecule has 0 aromatic rings. The third kappa shape index (κ3) is 7.14. The van der Waals surface area contributed by atoms with E-state index in [1.165, 1.54) is 11.6 Å². The van der Waals surface area contributed by atoms with Crippen LogP contribution in [0.2, 0.25) is 0 Å². The van der Waals surface area contributed by atoms with Gasteiger partial charge in [0.15, 0.2) is 0 Å². The molecule has 1 heterocycles. The van der Waals surface area contributed by atoms with Crippen LogP contribution in [0.25, 0.3) is 0 Å². The second-order valence-electron chi connectivity index (χ2n) is 9.81. The molecule has 30 heavy (non-hydrogen) atoms. The summed E-state index contributed by atoms with van der Waals surface area (Å²) >= 11 is 0. The number of allylic oxidation sites excluding steroid dienone is 3. The van der Waals surface area contributed by atoms with Crippen LogP contribution in [0, 0.1) is 23.2 Å². The molecule has 2 aliphatic rings. The maximum absolute atomic E-state index is 12.6. The molecule has 1 aliphatic heterocycles. The van der Waals surface area contributed by atoms with Crippen molar-refractivity contribution in [3.8, 4) is 0 Å². The van der Waals surface area contributed by atoms with E-state index in [9.17, 15) is 9.59 Å². The van der Waals surface area contributed by atoms with Crippen molar-refractivity contribution in [1.82, 2.24) is 0 Å². The number of rotatable bonds is 9. The van der Waals surface area contributed by atoms with Crippen LogP contribution in [0.1, 0.15) is 80.1 Å². The summed E-state index contributed by atoms with van der Waals surface area (Å²) in [6.45, 7) is 12.5. The van der Waals surface area contributed by atoms with Gasteiger partial charge in [-0.15, -0.1) is 0 Å². The van der Waals surface area contributed by atoms with Crippen molar-refractivity contribution in [3.05, 3.63) is 36.0 Å². The van der Waals surface area contributed by atoms with Gasteiger partial charge in [0.2, 0.25) is 0 Å². The highest BCUT2D eigenvalue weighted by molar-refractivity contribution is 5.82. The van der Waals surface area contributed by atoms with Gasteiger partial charge in [0.05, 0.1) is 5.41 Å². The zero-order valence-corrected chi connectivity index (χ0v) is 19.6. The molecule has 4 heteroatoms. The largest absolute Gasteiger partial charge is 0.461 e. The maximum atomic E-state index is 12.6. The summed E-state index contributed by atoms with van der Waals surface area (Å²) in [4.78, 5) is 23.9. The van der Waals surface area contributed by atoms with Gasteiger partial charge in [-0.2, -0.15) is 0 Å². The molecule has 0 amide bonds. The molecular formula is C26H40O4. The van der Waals surface area contributed by atoms with Gasteiger partial charge in [0, 0.05) is 18.4 Å². The SMILES string of the molecule is CCC(C)(C)C(=O)O[C@H]1C[C@@H](C)C=C(/C=C\[C@H](C)CCC[C@@H]2CC=CC(=O)O2)[C@H]1C. The van der Waals surface area contributed by atoms with Gasteiger partial charge in [0.1, 0.15) is 12.2 Å². The minimum atomic E-state index is -0.433. The Kier molecular flexibility index (Phi) is 8.93. The topological polar surface area (TPSA) is 52.6 Å². The minimum Gasteiger partial charge on any atom is -0.461 e. The predicted molar refractivity (Wildman–Crippen MR) is 121 cm³/mol. The number of hydrogen-bond acceptors (Lipinski definition) is 4. The zero-order valence-electron chi connectivity index (χ0n) is 19.6. The average Bonchev–Trinajstić information content (AvgIpc) is 2.69. The molecule has 0 aromatic heterocycles. The first-order chi connectivity index (χ1) is 14.1. The van der Waals surface area contributed by atoms with Crippen LogP contribution in [-0.4, -0.2) is 24.1 Å². The van der Waals surface area contributed by atoms with Crippen molar-refractivity contribution >= 4 is 11.9 Å². The van der Waals surface area contributed by atoms with Crippen LogP contribution < -0.4 is 0 Å². The molecule has 4 nitrogen and oxygen atoms in total. The number of carbonyl (C=O) groups is 2. The molecule has 0 saturated carbocycles. The molecule has 168 valence electrons. The van der Waals surface area contributed by atoms with Crippen molar-refractivity contribution in [1.29, 1.82) is 0 Å². The molecule has 5 atom stereocenters. The molecular weight excluding hydrogens is 376 g/mol. The summed E-state index contributed by atoms with van der Waals surface area (Å²) in [5.74, 6) is 0.739. The highest BCUT2D eigenvalue weighted by Crippen LogP contribution is 2.34. The molecule has 0 unspecified atom stereocenters. The summed E-state index contributed by atoms with van der Waals surface area (Å²) in [7, 11) is 0. The Morgan fingerprint density at radius 3 is 2.77 bits per heavy atom. The summed E-state index contributed by atoms with van der Waals surface area (Å²) < 4.78 is 11.3. The summed E-state index contributed by atoms with van der Waals surface area (Å²) in [6, 6.07) is 0. The van der Waals surface area contributed by atoms with Gasteiger partial charge in [-0.3, -0.25) is 4.79 Å². The van der Waals surface area contributed by atoms with E-state index in [2.05, 4.69) is 39.0 Å². The van der Waals surface area contributed by atoms with E-state index in [1.807, 2.05) is 26.8 Å². The molecule has 2 rings (SSSR count). The van der Waals surface area contributed by atoms with E-state index in [0.717, 1.165) is 38.5 Å². The van der Waals surface area contributed by atoms with E-state index in [-0.39, 0.29) is 30.1 Å². The van der Waals surface area contributed by atoms with E-state index in [1.54, 1.807) is 0 Å². The first kappa shape index (κ1) is 24.4. The third-order valence-corrected chi connectivity index (χ3v) is 6.60. The molecule has 0 N–H and O–H groups in total. The van der Waals surface area contributed by atoms with Crippen LogP contribution in [-0.2, 0) is 19.1 Å². The summed E-state index contributed by atoms with van der Waals surface area (Å²) in [6.07, 6.45) is 15.7. The predicted octanol–water partition coefficient (Wildman–Crippen LogP) is 6.17. The Hall–Kier alpha value is -1.84. The van der Waals surface area contributed by atoms with Gasteiger partial charge < -0.3 is 9.47 Å². The minimum absolute atomic E-state index is 0.0309. The van der Waals surface area contributed by atoms with Crippen LogP contribution >= 0.6 is 0 Å². The molecule has 0 radical (unpaired) electrons. The number of carbonyl (C=O) groups excluding carboxylic acids is 2. The van der Waals surface area contributed by atoms with Crippen molar-refractivity contribution in [2.75, 3.05) is 0 Å². The maximum Gasteiger partial charge on any atom is 0.330 e. The Labute approximate surface area is 182 Å². The Bertz CT molecular complexity index is 685. The quantitative estimate of drug-likeness (QED) is 0.422. The second-order valence-corrected chi connectivity index (χ2v) is 9.81. The van der Waals surface area contributed by atoms with Crippen LogP contribution in [0.5, 0.6) is 0 Å². The number of ether oxygens (including phenoxy) is 2. The first-order valence-corrected chi connectivity index (χ1v) is 11.6. The lowest BCUT2D eigenvalue weighted by molar-refractivity contribution is -0.162. The fourth-order valence-corrected chi connectivity index (χ4v) is 3.92. The van der Waals surface area contributed by atoms with Crippen LogP contribution in [0.3, 0.4) is 0 Å². The van der Waals surface area contributed by atoms with Crippen LogP contribution in [0.4, 0.5) is 0 Å². The number of esters is 2. The molecule has 0 saturated heterocycles. The van der Waals surface area contributed by atoms with E-state index >= 15 is 0 Å². The highest BCUT2D eigenvalue weighted by Gasteiger charge is 2.34. The van der Waals surface area contributed by atoms with Crippen molar-refractivity contribution < 1.29 is 19.1 Å². The zero-order chi connectivity index (χ0) is 22.3. The third-order valence-electron chi connectivity index (χ3n) is 6.60. The second kappa shape index (κ2) is 11.0. The molecule has 0 bridgehead atoms. The van der Waals surface area contributed by atoms with Gasteiger partial charge in [0.25, 0.3) is 0 Å². The van der Waals surface area contributed by atoms with Crippen molar-refractivity contribution in [3.63, 3.8) is 0 Å². The van der Waals surface area contributed by atoms with E-state index in [4.69, 9.17) is 9.47 Å². The summed E-state index contributed by atoms with van der Waals surface area (Å²) in [5.41, 5.74) is 0.830.